The van der Waals surface area contributed by atoms with Crippen LogP contribution < -0.4 is 10.1 Å². The maximum Gasteiger partial charge on any atom is 0.307 e. The van der Waals surface area contributed by atoms with Crippen molar-refractivity contribution in [2.75, 3.05) is 24.8 Å². The molecule has 0 aromatic heterocycles. The molecule has 126 valence electrons. The summed E-state index contributed by atoms with van der Waals surface area (Å²) < 4.78 is 10.0. The van der Waals surface area contributed by atoms with Gasteiger partial charge in [-0.15, -0.1) is 11.8 Å². The number of nitrogens with one attached hydrogen (secondary N) is 1. The average Bonchev–Trinajstić information content (AvgIpc) is 2.61. The van der Waals surface area contributed by atoms with Crippen LogP contribution in [-0.2, 0) is 14.3 Å². The van der Waals surface area contributed by atoms with E-state index in [1.54, 1.807) is 43.1 Å². The minimum absolute atomic E-state index is 0.259. The quantitative estimate of drug-likeness (QED) is 0.587. The van der Waals surface area contributed by atoms with Crippen LogP contribution >= 0.6 is 11.8 Å². The molecule has 0 radical (unpaired) electrons. The molecule has 5 nitrogen and oxygen atoms in total. The van der Waals surface area contributed by atoms with Gasteiger partial charge in [0, 0.05) is 16.3 Å². The Balaban J connectivity index is 1.64. The number of carbonyl (C=O) groups is 2. The number of anilines is 1. The van der Waals surface area contributed by atoms with Gasteiger partial charge in [0.25, 0.3) is 5.91 Å². The number of esters is 1. The minimum atomic E-state index is -0.386. The normalized spacial score (nSPS) is 10.0. The third-order valence-electron chi connectivity index (χ3n) is 3.06. The molecule has 0 aliphatic carbocycles. The predicted molar refractivity (Wildman–Crippen MR) is 94.4 cm³/mol. The molecule has 0 aliphatic heterocycles. The van der Waals surface area contributed by atoms with Crippen LogP contribution in [0.3, 0.4) is 0 Å². The number of benzene rings is 2. The van der Waals surface area contributed by atoms with E-state index in [4.69, 9.17) is 9.47 Å². The van der Waals surface area contributed by atoms with E-state index in [0.717, 1.165) is 4.90 Å². The summed E-state index contributed by atoms with van der Waals surface area (Å²) in [4.78, 5) is 24.5. The zero-order valence-corrected chi connectivity index (χ0v) is 14.2. The lowest BCUT2D eigenvalue weighted by molar-refractivity contribution is -0.146. The molecule has 0 bridgehead atoms. The Kier molecular flexibility index (Phi) is 7.17. The highest BCUT2D eigenvalue weighted by molar-refractivity contribution is 7.99. The molecular weight excluding hydrogens is 326 g/mol. The van der Waals surface area contributed by atoms with Gasteiger partial charge in [0.2, 0.25) is 0 Å². The summed E-state index contributed by atoms with van der Waals surface area (Å²) in [6, 6.07) is 16.7. The third kappa shape index (κ3) is 6.34. The van der Waals surface area contributed by atoms with Crippen molar-refractivity contribution in [2.24, 2.45) is 0 Å². The lowest BCUT2D eigenvalue weighted by Crippen LogP contribution is -2.21. The molecule has 0 saturated carbocycles. The summed E-state index contributed by atoms with van der Waals surface area (Å²) in [5.41, 5.74) is 0.622. The van der Waals surface area contributed by atoms with Crippen LogP contribution in [0.2, 0.25) is 0 Å². The summed E-state index contributed by atoms with van der Waals surface area (Å²) in [7, 11) is 1.57. The van der Waals surface area contributed by atoms with E-state index < -0.39 is 0 Å². The van der Waals surface area contributed by atoms with Crippen molar-refractivity contribution in [3.05, 3.63) is 54.6 Å². The van der Waals surface area contributed by atoms with E-state index in [1.807, 2.05) is 30.3 Å². The summed E-state index contributed by atoms with van der Waals surface area (Å²) in [6.07, 6.45) is 0.259. The number of hydrogen-bond acceptors (Lipinski definition) is 5. The van der Waals surface area contributed by atoms with Crippen LogP contribution in [0.15, 0.2) is 59.5 Å². The van der Waals surface area contributed by atoms with Gasteiger partial charge in [0.05, 0.1) is 13.5 Å². The Bertz CT molecular complexity index is 658. The first-order valence-electron chi connectivity index (χ1n) is 7.45. The molecule has 6 heteroatoms. The monoisotopic (exact) mass is 345 g/mol. The van der Waals surface area contributed by atoms with E-state index in [-0.39, 0.29) is 24.9 Å². The van der Waals surface area contributed by atoms with Crippen molar-refractivity contribution in [3.63, 3.8) is 0 Å². The molecule has 0 heterocycles. The molecule has 0 fully saturated rings. The SMILES string of the molecule is COc1ccc(NC(=O)COC(=O)CCSc2ccccc2)cc1. The summed E-state index contributed by atoms with van der Waals surface area (Å²) in [5, 5.41) is 2.65. The van der Waals surface area contributed by atoms with Gasteiger partial charge < -0.3 is 14.8 Å². The number of thioether (sulfide) groups is 1. The van der Waals surface area contributed by atoms with Gasteiger partial charge in [0.15, 0.2) is 6.61 Å². The van der Waals surface area contributed by atoms with Crippen LogP contribution in [0.4, 0.5) is 5.69 Å². The van der Waals surface area contributed by atoms with E-state index in [1.165, 1.54) is 0 Å². The first-order chi connectivity index (χ1) is 11.7. The van der Waals surface area contributed by atoms with Gasteiger partial charge in [-0.3, -0.25) is 9.59 Å². The van der Waals surface area contributed by atoms with E-state index in [2.05, 4.69) is 5.32 Å². The topological polar surface area (TPSA) is 64.6 Å². The Morgan fingerprint density at radius 2 is 1.75 bits per heavy atom. The molecule has 1 amide bonds. The molecule has 0 atom stereocenters. The summed E-state index contributed by atoms with van der Waals surface area (Å²) in [5.74, 6) is 0.561. The maximum atomic E-state index is 11.7. The zero-order valence-electron chi connectivity index (χ0n) is 13.4. The fraction of sp³-hybridized carbons (Fsp3) is 0.222. The highest BCUT2D eigenvalue weighted by atomic mass is 32.2. The van der Waals surface area contributed by atoms with Gasteiger partial charge in [-0.05, 0) is 36.4 Å². The molecule has 0 aliphatic rings. The molecular formula is C18H19NO4S. The number of rotatable bonds is 8. The first-order valence-corrected chi connectivity index (χ1v) is 8.43. The molecule has 0 unspecified atom stereocenters. The van der Waals surface area contributed by atoms with Crippen LogP contribution in [0, 0.1) is 0 Å². The fourth-order valence-corrected chi connectivity index (χ4v) is 2.71. The molecule has 1 N–H and O–H groups in total. The van der Waals surface area contributed by atoms with Crippen LogP contribution in [-0.4, -0.2) is 31.3 Å². The first kappa shape index (κ1) is 17.9. The minimum Gasteiger partial charge on any atom is -0.497 e. The maximum absolute atomic E-state index is 11.7. The van der Waals surface area contributed by atoms with E-state index in [9.17, 15) is 9.59 Å². The predicted octanol–water partition coefficient (Wildman–Crippen LogP) is 3.36. The largest absolute Gasteiger partial charge is 0.497 e. The van der Waals surface area contributed by atoms with Gasteiger partial charge >= 0.3 is 5.97 Å². The second kappa shape index (κ2) is 9.62. The second-order valence-electron chi connectivity index (χ2n) is 4.85. The Labute approximate surface area is 145 Å². The van der Waals surface area contributed by atoms with Crippen molar-refractivity contribution in [2.45, 2.75) is 11.3 Å². The number of amides is 1. The lowest BCUT2D eigenvalue weighted by Gasteiger charge is -2.07. The zero-order chi connectivity index (χ0) is 17.2. The number of carbonyl (C=O) groups excluding carboxylic acids is 2. The molecule has 2 aromatic rings. The van der Waals surface area contributed by atoms with Crippen molar-refractivity contribution in [1.82, 2.24) is 0 Å². The lowest BCUT2D eigenvalue weighted by atomic mass is 10.3. The van der Waals surface area contributed by atoms with Crippen molar-refractivity contribution in [1.29, 1.82) is 0 Å². The summed E-state index contributed by atoms with van der Waals surface area (Å²) >= 11 is 1.58. The van der Waals surface area contributed by atoms with E-state index >= 15 is 0 Å². The second-order valence-corrected chi connectivity index (χ2v) is 6.02. The van der Waals surface area contributed by atoms with Crippen LogP contribution in [0.1, 0.15) is 6.42 Å². The van der Waals surface area contributed by atoms with Crippen molar-refractivity contribution in [3.8, 4) is 5.75 Å². The van der Waals surface area contributed by atoms with Gasteiger partial charge in [-0.2, -0.15) is 0 Å². The highest BCUT2D eigenvalue weighted by Crippen LogP contribution is 2.18. The Morgan fingerprint density at radius 1 is 1.04 bits per heavy atom. The molecule has 0 saturated heterocycles. The number of hydrogen-bond donors (Lipinski definition) is 1. The van der Waals surface area contributed by atoms with E-state index in [0.29, 0.717) is 17.2 Å². The van der Waals surface area contributed by atoms with Gasteiger partial charge in [0.1, 0.15) is 5.75 Å². The Morgan fingerprint density at radius 3 is 2.42 bits per heavy atom. The average molecular weight is 345 g/mol. The van der Waals surface area contributed by atoms with Gasteiger partial charge in [-0.1, -0.05) is 18.2 Å². The Hall–Kier alpha value is -2.47. The molecule has 2 rings (SSSR count). The standard InChI is InChI=1S/C18H19NO4S/c1-22-15-9-7-14(8-10-15)19-17(20)13-23-18(21)11-12-24-16-5-3-2-4-6-16/h2-10H,11-13H2,1H3,(H,19,20). The number of methoxy groups -OCH3 is 1. The van der Waals surface area contributed by atoms with Crippen LogP contribution in [0.5, 0.6) is 5.75 Å². The smallest absolute Gasteiger partial charge is 0.307 e. The van der Waals surface area contributed by atoms with Crippen molar-refractivity contribution < 1.29 is 19.1 Å². The van der Waals surface area contributed by atoms with Crippen molar-refractivity contribution >= 4 is 29.3 Å². The molecule has 0 spiro atoms. The van der Waals surface area contributed by atoms with Gasteiger partial charge in [-0.25, -0.2) is 0 Å². The summed E-state index contributed by atoms with van der Waals surface area (Å²) in [6.45, 7) is -0.291. The highest BCUT2D eigenvalue weighted by Gasteiger charge is 2.08. The molecule has 2 aromatic carbocycles. The third-order valence-corrected chi connectivity index (χ3v) is 4.07. The number of ether oxygens (including phenoxy) is 2. The molecule has 24 heavy (non-hydrogen) atoms. The fourth-order valence-electron chi connectivity index (χ4n) is 1.86. The van der Waals surface area contributed by atoms with Crippen LogP contribution in [0.25, 0.3) is 0 Å².